The van der Waals surface area contributed by atoms with Crippen molar-refractivity contribution >= 4 is 14.3 Å². The van der Waals surface area contributed by atoms with Gasteiger partial charge in [-0.3, -0.25) is 0 Å². The molecule has 0 saturated carbocycles. The molecule has 0 bridgehead atoms. The second-order valence-corrected chi connectivity index (χ2v) is 4.88. The molecule has 0 heterocycles. The van der Waals surface area contributed by atoms with Crippen LogP contribution in [-0.2, 0) is 19.9 Å². The summed E-state index contributed by atoms with van der Waals surface area (Å²) in [5.74, 6) is -0.324. The van der Waals surface area contributed by atoms with Crippen LogP contribution in [0.3, 0.4) is 0 Å². The van der Waals surface area contributed by atoms with E-state index < -0.39 is 8.38 Å². The Morgan fingerprint density at radius 3 is 2.35 bits per heavy atom. The molecular formula is C12H17O4P. The van der Waals surface area contributed by atoms with Gasteiger partial charge in [-0.2, -0.15) is 0 Å². The van der Waals surface area contributed by atoms with Crippen molar-refractivity contribution in [1.29, 1.82) is 0 Å². The topological polar surface area (TPSA) is 44.8 Å². The zero-order valence-electron chi connectivity index (χ0n) is 10.3. The van der Waals surface area contributed by atoms with Crippen LogP contribution in [0.15, 0.2) is 24.3 Å². The van der Waals surface area contributed by atoms with Gasteiger partial charge in [-0.25, -0.2) is 4.79 Å². The first-order chi connectivity index (χ1) is 8.21. The Hall–Kier alpha value is -0.960. The number of ether oxygens (including phenoxy) is 1. The molecule has 0 radical (unpaired) electrons. The number of carbonyl (C=O) groups excluding carboxylic acids is 1. The van der Waals surface area contributed by atoms with E-state index in [0.717, 1.165) is 11.7 Å². The highest BCUT2D eigenvalue weighted by molar-refractivity contribution is 7.46. The average molecular weight is 256 g/mol. The molecule has 0 aromatic heterocycles. The number of esters is 1. The van der Waals surface area contributed by atoms with Crippen LogP contribution in [0.2, 0.25) is 0 Å². The summed E-state index contributed by atoms with van der Waals surface area (Å²) < 4.78 is 15.3. The normalized spacial score (nSPS) is 12.2. The van der Waals surface area contributed by atoms with Crippen molar-refractivity contribution < 1.29 is 18.6 Å². The average Bonchev–Trinajstić information content (AvgIpc) is 2.38. The van der Waals surface area contributed by atoms with E-state index in [1.54, 1.807) is 19.2 Å². The van der Waals surface area contributed by atoms with E-state index in [0.29, 0.717) is 12.2 Å². The highest BCUT2D eigenvalue weighted by atomic mass is 31.2. The van der Waals surface area contributed by atoms with Gasteiger partial charge in [0.25, 0.3) is 0 Å². The van der Waals surface area contributed by atoms with Gasteiger partial charge in [-0.15, -0.1) is 0 Å². The maximum atomic E-state index is 11.2. The maximum Gasteiger partial charge on any atom is 0.337 e. The fraction of sp³-hybridized carbons (Fsp3) is 0.417. The molecule has 4 nitrogen and oxygen atoms in total. The fourth-order valence-corrected chi connectivity index (χ4v) is 2.44. The highest BCUT2D eigenvalue weighted by Gasteiger charge is 2.10. The zero-order valence-corrected chi connectivity index (χ0v) is 11.2. The Bertz CT molecular complexity index is 350. The molecule has 1 aromatic rings. The van der Waals surface area contributed by atoms with Crippen LogP contribution in [0.1, 0.15) is 22.8 Å². The van der Waals surface area contributed by atoms with Crippen LogP contribution in [0.4, 0.5) is 0 Å². The van der Waals surface area contributed by atoms with Crippen molar-refractivity contribution in [2.24, 2.45) is 0 Å². The van der Waals surface area contributed by atoms with Crippen molar-refractivity contribution in [2.45, 2.75) is 13.1 Å². The molecule has 0 aliphatic heterocycles. The van der Waals surface area contributed by atoms with Gasteiger partial charge in [-0.1, -0.05) is 12.1 Å². The monoisotopic (exact) mass is 256 g/mol. The smallest absolute Gasteiger partial charge is 0.337 e. The molecular weight excluding hydrogens is 239 g/mol. The van der Waals surface area contributed by atoms with Crippen molar-refractivity contribution in [1.82, 2.24) is 0 Å². The molecule has 1 unspecified atom stereocenters. The summed E-state index contributed by atoms with van der Waals surface area (Å²) in [7, 11) is 2.13. The summed E-state index contributed by atoms with van der Waals surface area (Å²) in [6.07, 6.45) is 0.723. The molecule has 0 N–H and O–H groups in total. The quantitative estimate of drug-likeness (QED) is 0.579. The lowest BCUT2D eigenvalue weighted by Crippen LogP contribution is -2.01. The SMILES string of the molecule is CCOP(Cc1ccc(C(=O)OC)cc1)OC. The summed E-state index contributed by atoms with van der Waals surface area (Å²) in [4.78, 5) is 11.2. The van der Waals surface area contributed by atoms with Gasteiger partial charge < -0.3 is 13.8 Å². The van der Waals surface area contributed by atoms with Crippen LogP contribution in [0, 0.1) is 0 Å². The summed E-state index contributed by atoms with van der Waals surface area (Å²) in [5, 5.41) is 0. The third-order valence-corrected chi connectivity index (χ3v) is 3.74. The zero-order chi connectivity index (χ0) is 12.7. The second kappa shape index (κ2) is 7.38. The predicted molar refractivity (Wildman–Crippen MR) is 67.0 cm³/mol. The third kappa shape index (κ3) is 4.43. The molecule has 17 heavy (non-hydrogen) atoms. The molecule has 0 spiro atoms. The molecule has 1 aromatic carbocycles. The summed E-state index contributed by atoms with van der Waals surface area (Å²) >= 11 is 0. The van der Waals surface area contributed by atoms with Crippen molar-refractivity contribution in [2.75, 3.05) is 20.8 Å². The lowest BCUT2D eigenvalue weighted by Gasteiger charge is -2.13. The van der Waals surface area contributed by atoms with E-state index in [1.807, 2.05) is 19.1 Å². The van der Waals surface area contributed by atoms with Crippen molar-refractivity contribution in [3.8, 4) is 0 Å². The third-order valence-electron chi connectivity index (χ3n) is 2.16. The van der Waals surface area contributed by atoms with Gasteiger partial charge in [0.1, 0.15) is 0 Å². The number of hydrogen-bond donors (Lipinski definition) is 0. The highest BCUT2D eigenvalue weighted by Crippen LogP contribution is 2.40. The number of rotatable bonds is 6. The van der Waals surface area contributed by atoms with Crippen LogP contribution in [-0.4, -0.2) is 26.8 Å². The van der Waals surface area contributed by atoms with Crippen LogP contribution >= 0.6 is 8.38 Å². The molecule has 0 saturated heterocycles. The Kier molecular flexibility index (Phi) is 6.12. The van der Waals surface area contributed by atoms with Gasteiger partial charge in [0.2, 0.25) is 0 Å². The molecule has 94 valence electrons. The largest absolute Gasteiger partial charge is 0.465 e. The predicted octanol–water partition coefficient (Wildman–Crippen LogP) is 2.97. The first-order valence-electron chi connectivity index (χ1n) is 5.33. The van der Waals surface area contributed by atoms with Gasteiger partial charge >= 0.3 is 5.97 Å². The van der Waals surface area contributed by atoms with Gasteiger partial charge in [0.05, 0.1) is 19.3 Å². The summed E-state index contributed by atoms with van der Waals surface area (Å²) in [6.45, 7) is 2.58. The standard InChI is InChI=1S/C12H17O4P/c1-4-16-17(15-3)9-10-5-7-11(8-6-10)12(13)14-2/h5-8H,4,9H2,1-3H3. The van der Waals surface area contributed by atoms with Crippen molar-refractivity contribution in [3.05, 3.63) is 35.4 Å². The Labute approximate surface area is 103 Å². The van der Waals surface area contributed by atoms with E-state index in [1.165, 1.54) is 7.11 Å². The number of carbonyl (C=O) groups is 1. The van der Waals surface area contributed by atoms with E-state index in [9.17, 15) is 4.79 Å². The molecule has 0 aliphatic rings. The van der Waals surface area contributed by atoms with E-state index >= 15 is 0 Å². The van der Waals surface area contributed by atoms with E-state index in [2.05, 4.69) is 4.74 Å². The lowest BCUT2D eigenvalue weighted by atomic mass is 10.1. The molecule has 1 atom stereocenters. The lowest BCUT2D eigenvalue weighted by molar-refractivity contribution is 0.0600. The summed E-state index contributed by atoms with van der Waals surface area (Å²) in [5.41, 5.74) is 1.63. The van der Waals surface area contributed by atoms with Gasteiger partial charge in [-0.05, 0) is 24.6 Å². The number of benzene rings is 1. The van der Waals surface area contributed by atoms with Crippen LogP contribution < -0.4 is 0 Å². The van der Waals surface area contributed by atoms with Gasteiger partial charge in [0.15, 0.2) is 8.38 Å². The molecule has 1 rings (SSSR count). The minimum Gasteiger partial charge on any atom is -0.465 e. The molecule has 0 fully saturated rings. The van der Waals surface area contributed by atoms with Gasteiger partial charge in [0, 0.05) is 13.3 Å². The van der Waals surface area contributed by atoms with Crippen molar-refractivity contribution in [3.63, 3.8) is 0 Å². The first-order valence-corrected chi connectivity index (χ1v) is 6.69. The van der Waals surface area contributed by atoms with Crippen LogP contribution in [0.5, 0.6) is 0 Å². The fourth-order valence-electron chi connectivity index (χ4n) is 1.32. The summed E-state index contributed by atoms with van der Waals surface area (Å²) in [6, 6.07) is 7.27. The van der Waals surface area contributed by atoms with E-state index in [-0.39, 0.29) is 5.97 Å². The minimum absolute atomic E-state index is 0.324. The molecule has 5 heteroatoms. The Morgan fingerprint density at radius 1 is 1.24 bits per heavy atom. The van der Waals surface area contributed by atoms with Crippen LogP contribution in [0.25, 0.3) is 0 Å². The second-order valence-electron chi connectivity index (χ2n) is 3.28. The minimum atomic E-state index is -0.880. The maximum absolute atomic E-state index is 11.2. The Balaban J connectivity index is 2.64. The number of hydrogen-bond acceptors (Lipinski definition) is 4. The molecule has 0 aliphatic carbocycles. The van der Waals surface area contributed by atoms with E-state index in [4.69, 9.17) is 9.05 Å². The Morgan fingerprint density at radius 2 is 1.88 bits per heavy atom. The number of methoxy groups -OCH3 is 1. The first kappa shape index (κ1) is 14.1. The molecule has 0 amide bonds.